The monoisotopic (exact) mass is 311 g/mol. The number of rotatable bonds is 2. The quantitative estimate of drug-likeness (QED) is 0.920. The fraction of sp³-hybridized carbons (Fsp3) is 0.167. The van der Waals surface area contributed by atoms with Crippen molar-refractivity contribution < 1.29 is 0 Å². The van der Waals surface area contributed by atoms with Gasteiger partial charge >= 0.3 is 0 Å². The number of nitrogen functional groups attached to an aromatic ring is 1. The van der Waals surface area contributed by atoms with Gasteiger partial charge in [-0.2, -0.15) is 0 Å². The van der Waals surface area contributed by atoms with Crippen molar-refractivity contribution in [1.82, 2.24) is 9.97 Å². The van der Waals surface area contributed by atoms with Crippen molar-refractivity contribution in [3.05, 3.63) is 39.5 Å². The number of anilines is 1. The fourth-order valence-electron chi connectivity index (χ4n) is 1.51. The van der Waals surface area contributed by atoms with Crippen LogP contribution in [0.3, 0.4) is 0 Å². The Balaban J connectivity index is 2.61. The van der Waals surface area contributed by atoms with E-state index in [1.54, 1.807) is 0 Å². The molecule has 88 valence electrons. The van der Waals surface area contributed by atoms with Gasteiger partial charge in [0.2, 0.25) is 0 Å². The molecule has 0 saturated carbocycles. The average Bonchev–Trinajstić information content (AvgIpc) is 2.33. The first-order valence-electron chi connectivity index (χ1n) is 5.20. The Bertz CT molecular complexity index is 557. The lowest BCUT2D eigenvalue weighted by Crippen LogP contribution is -2.02. The summed E-state index contributed by atoms with van der Waals surface area (Å²) >= 11 is 9.50. The van der Waals surface area contributed by atoms with E-state index in [-0.39, 0.29) is 0 Å². The van der Waals surface area contributed by atoms with Crippen molar-refractivity contribution in [1.29, 1.82) is 0 Å². The summed E-state index contributed by atoms with van der Waals surface area (Å²) in [5, 5.41) is 0.622. The molecule has 3 nitrogen and oxygen atoms in total. The van der Waals surface area contributed by atoms with Crippen molar-refractivity contribution in [3.63, 3.8) is 0 Å². The fourth-order valence-corrected chi connectivity index (χ4v) is 2.19. The molecule has 0 unspecified atom stereocenters. The van der Waals surface area contributed by atoms with Gasteiger partial charge in [-0.15, -0.1) is 0 Å². The van der Waals surface area contributed by atoms with Crippen molar-refractivity contribution in [2.24, 2.45) is 0 Å². The summed E-state index contributed by atoms with van der Waals surface area (Å²) in [6, 6.07) is 7.46. The van der Waals surface area contributed by atoms with Crippen molar-refractivity contribution in [2.75, 3.05) is 5.73 Å². The molecule has 0 atom stereocenters. The predicted octanol–water partition coefficient (Wildman–Crippen LogP) is 3.70. The molecule has 1 aromatic carbocycles. The molecule has 0 spiro atoms. The van der Waals surface area contributed by atoms with Gasteiger partial charge < -0.3 is 5.73 Å². The Hall–Kier alpha value is -1.13. The van der Waals surface area contributed by atoms with Gasteiger partial charge in [0, 0.05) is 5.56 Å². The zero-order valence-corrected chi connectivity index (χ0v) is 11.6. The van der Waals surface area contributed by atoms with Crippen molar-refractivity contribution >= 4 is 33.3 Å². The van der Waals surface area contributed by atoms with E-state index in [4.69, 9.17) is 17.3 Å². The Labute approximate surface area is 113 Å². The minimum absolute atomic E-state index is 0.437. The molecule has 0 amide bonds. The standard InChI is InChI=1S/C12H11BrClN3/c1-2-9-10(13)11(15)17-12(16-9)7-5-3-4-6-8(7)14/h3-6H,2H2,1H3,(H2,15,16,17). The summed E-state index contributed by atoms with van der Waals surface area (Å²) in [5.74, 6) is 1.000. The van der Waals surface area contributed by atoms with E-state index in [0.717, 1.165) is 22.2 Å². The smallest absolute Gasteiger partial charge is 0.163 e. The number of nitrogens with two attached hydrogens (primary N) is 1. The van der Waals surface area contributed by atoms with Gasteiger partial charge in [0.15, 0.2) is 5.82 Å². The molecule has 1 aromatic heterocycles. The normalized spacial score (nSPS) is 10.5. The molecule has 0 aliphatic heterocycles. The second-order valence-electron chi connectivity index (χ2n) is 3.53. The molecule has 2 N–H and O–H groups in total. The van der Waals surface area contributed by atoms with E-state index < -0.39 is 0 Å². The van der Waals surface area contributed by atoms with E-state index in [0.29, 0.717) is 16.7 Å². The lowest BCUT2D eigenvalue weighted by atomic mass is 10.2. The lowest BCUT2D eigenvalue weighted by molar-refractivity contribution is 0.996. The topological polar surface area (TPSA) is 51.8 Å². The van der Waals surface area contributed by atoms with Gasteiger partial charge in [0.25, 0.3) is 0 Å². The van der Waals surface area contributed by atoms with Crippen LogP contribution in [0, 0.1) is 0 Å². The highest BCUT2D eigenvalue weighted by molar-refractivity contribution is 9.10. The molecule has 17 heavy (non-hydrogen) atoms. The highest BCUT2D eigenvalue weighted by Crippen LogP contribution is 2.29. The Kier molecular flexibility index (Phi) is 3.64. The molecule has 1 heterocycles. The first-order valence-corrected chi connectivity index (χ1v) is 6.37. The predicted molar refractivity (Wildman–Crippen MR) is 74.0 cm³/mol. The third-order valence-corrected chi connectivity index (χ3v) is 3.59. The second kappa shape index (κ2) is 5.02. The Morgan fingerprint density at radius 1 is 1.29 bits per heavy atom. The van der Waals surface area contributed by atoms with Crippen LogP contribution >= 0.6 is 27.5 Å². The molecule has 0 radical (unpaired) electrons. The highest BCUT2D eigenvalue weighted by atomic mass is 79.9. The molecule has 0 aliphatic carbocycles. The van der Waals surface area contributed by atoms with E-state index in [2.05, 4.69) is 25.9 Å². The number of nitrogens with zero attached hydrogens (tertiary/aromatic N) is 2. The summed E-state index contributed by atoms with van der Waals surface area (Å²) in [6.45, 7) is 2.02. The highest BCUT2D eigenvalue weighted by Gasteiger charge is 2.11. The SMILES string of the molecule is CCc1nc(-c2ccccc2Cl)nc(N)c1Br. The molecular weight excluding hydrogens is 302 g/mol. The van der Waals surface area contributed by atoms with Crippen LogP contribution in [0.5, 0.6) is 0 Å². The van der Waals surface area contributed by atoms with E-state index in [1.807, 2.05) is 31.2 Å². The summed E-state index contributed by atoms with van der Waals surface area (Å²) in [4.78, 5) is 8.71. The Morgan fingerprint density at radius 2 is 2.00 bits per heavy atom. The maximum Gasteiger partial charge on any atom is 0.163 e. The molecule has 5 heteroatoms. The number of benzene rings is 1. The van der Waals surface area contributed by atoms with Gasteiger partial charge in [-0.05, 0) is 34.5 Å². The van der Waals surface area contributed by atoms with Crippen molar-refractivity contribution in [2.45, 2.75) is 13.3 Å². The molecule has 0 aliphatic rings. The van der Waals surface area contributed by atoms with E-state index in [9.17, 15) is 0 Å². The summed E-state index contributed by atoms with van der Waals surface area (Å²) < 4.78 is 0.760. The number of hydrogen-bond acceptors (Lipinski definition) is 3. The second-order valence-corrected chi connectivity index (χ2v) is 4.73. The zero-order valence-electron chi connectivity index (χ0n) is 9.24. The van der Waals surface area contributed by atoms with Gasteiger partial charge in [0.05, 0.1) is 15.2 Å². The zero-order chi connectivity index (χ0) is 12.4. The molecular formula is C12H11BrClN3. The van der Waals surface area contributed by atoms with Crippen LogP contribution in [0.4, 0.5) is 5.82 Å². The average molecular weight is 313 g/mol. The summed E-state index contributed by atoms with van der Waals surface area (Å²) in [6.07, 6.45) is 0.782. The summed E-state index contributed by atoms with van der Waals surface area (Å²) in [5.41, 5.74) is 7.52. The maximum absolute atomic E-state index is 6.11. The van der Waals surface area contributed by atoms with Crippen LogP contribution in [0.1, 0.15) is 12.6 Å². The molecule has 2 rings (SSSR count). The van der Waals surface area contributed by atoms with E-state index >= 15 is 0 Å². The van der Waals surface area contributed by atoms with Gasteiger partial charge in [0.1, 0.15) is 5.82 Å². The van der Waals surface area contributed by atoms with Gasteiger partial charge in [-0.3, -0.25) is 0 Å². The number of aryl methyl sites for hydroxylation is 1. The van der Waals surface area contributed by atoms with Gasteiger partial charge in [-0.25, -0.2) is 9.97 Å². The van der Waals surface area contributed by atoms with Crippen LogP contribution in [0.2, 0.25) is 5.02 Å². The van der Waals surface area contributed by atoms with Crippen LogP contribution in [0.25, 0.3) is 11.4 Å². The minimum Gasteiger partial charge on any atom is -0.383 e. The minimum atomic E-state index is 0.437. The number of hydrogen-bond donors (Lipinski definition) is 1. The maximum atomic E-state index is 6.11. The number of aromatic nitrogens is 2. The molecule has 2 aromatic rings. The lowest BCUT2D eigenvalue weighted by Gasteiger charge is -2.08. The largest absolute Gasteiger partial charge is 0.383 e. The summed E-state index contributed by atoms with van der Waals surface area (Å²) in [7, 11) is 0. The molecule has 0 bridgehead atoms. The first kappa shape index (κ1) is 12.3. The third kappa shape index (κ3) is 2.42. The third-order valence-electron chi connectivity index (χ3n) is 2.40. The van der Waals surface area contributed by atoms with Gasteiger partial charge in [-0.1, -0.05) is 30.7 Å². The van der Waals surface area contributed by atoms with Crippen LogP contribution in [-0.2, 0) is 6.42 Å². The number of halogens is 2. The van der Waals surface area contributed by atoms with E-state index in [1.165, 1.54) is 0 Å². The molecule has 0 saturated heterocycles. The van der Waals surface area contributed by atoms with Crippen LogP contribution < -0.4 is 5.73 Å². The van der Waals surface area contributed by atoms with Crippen LogP contribution in [-0.4, -0.2) is 9.97 Å². The van der Waals surface area contributed by atoms with Crippen molar-refractivity contribution in [3.8, 4) is 11.4 Å². The molecule has 0 fully saturated rings. The Morgan fingerprint density at radius 3 is 2.65 bits per heavy atom. The first-order chi connectivity index (χ1) is 8.13. The van der Waals surface area contributed by atoms with Crippen LogP contribution in [0.15, 0.2) is 28.7 Å².